The SMILES string of the molecule is COc1cc(C/C(=C/c2ccc(OC)c3occc23)[N+](=O)[O-])cc(OC)c1OC. The lowest BCUT2D eigenvalue weighted by Gasteiger charge is -2.13. The van der Waals surface area contributed by atoms with Crippen molar-refractivity contribution in [2.75, 3.05) is 28.4 Å². The summed E-state index contributed by atoms with van der Waals surface area (Å²) in [6.07, 6.45) is 3.12. The minimum atomic E-state index is -0.403. The van der Waals surface area contributed by atoms with Crippen LogP contribution in [0, 0.1) is 10.1 Å². The number of benzene rings is 2. The summed E-state index contributed by atoms with van der Waals surface area (Å²) in [5.74, 6) is 1.87. The van der Waals surface area contributed by atoms with E-state index in [0.717, 1.165) is 5.39 Å². The van der Waals surface area contributed by atoms with Gasteiger partial charge in [0.05, 0.1) is 46.0 Å². The average Bonchev–Trinajstić information content (AvgIpc) is 3.22. The minimum absolute atomic E-state index is 0.00643. The van der Waals surface area contributed by atoms with E-state index in [1.807, 2.05) is 0 Å². The molecular weight excluding hydrogens is 378 g/mol. The lowest BCUT2D eigenvalue weighted by atomic mass is 10.0. The average molecular weight is 399 g/mol. The van der Waals surface area contributed by atoms with Gasteiger partial charge in [-0.15, -0.1) is 0 Å². The Balaban J connectivity index is 2.04. The van der Waals surface area contributed by atoms with Gasteiger partial charge in [0.15, 0.2) is 22.8 Å². The van der Waals surface area contributed by atoms with E-state index in [0.29, 0.717) is 39.7 Å². The third-order valence-corrected chi connectivity index (χ3v) is 4.50. The first-order valence-corrected chi connectivity index (χ1v) is 8.70. The van der Waals surface area contributed by atoms with E-state index in [4.69, 9.17) is 23.4 Å². The Labute approximate surface area is 167 Å². The Hall–Kier alpha value is -3.68. The van der Waals surface area contributed by atoms with Crippen LogP contribution in [0.2, 0.25) is 0 Å². The molecule has 0 saturated carbocycles. The second kappa shape index (κ2) is 8.55. The van der Waals surface area contributed by atoms with Crippen LogP contribution in [0.3, 0.4) is 0 Å². The normalized spacial score (nSPS) is 11.4. The lowest BCUT2D eigenvalue weighted by molar-refractivity contribution is -0.425. The van der Waals surface area contributed by atoms with Crippen LogP contribution < -0.4 is 18.9 Å². The number of ether oxygens (including phenoxy) is 4. The maximum atomic E-state index is 11.7. The lowest BCUT2D eigenvalue weighted by Crippen LogP contribution is -2.04. The van der Waals surface area contributed by atoms with Crippen molar-refractivity contribution in [2.24, 2.45) is 0 Å². The highest BCUT2D eigenvalue weighted by molar-refractivity contribution is 5.91. The van der Waals surface area contributed by atoms with Gasteiger partial charge < -0.3 is 23.4 Å². The largest absolute Gasteiger partial charge is 0.493 e. The van der Waals surface area contributed by atoms with E-state index < -0.39 is 4.92 Å². The van der Waals surface area contributed by atoms with Crippen LogP contribution in [0.1, 0.15) is 11.1 Å². The Bertz CT molecular complexity index is 1040. The van der Waals surface area contributed by atoms with E-state index in [1.54, 1.807) is 37.4 Å². The van der Waals surface area contributed by atoms with Gasteiger partial charge in [-0.3, -0.25) is 10.1 Å². The molecule has 3 rings (SSSR count). The monoisotopic (exact) mass is 399 g/mol. The topological polar surface area (TPSA) is 93.2 Å². The number of methoxy groups -OCH3 is 4. The molecule has 0 N–H and O–H groups in total. The fourth-order valence-electron chi connectivity index (χ4n) is 3.14. The van der Waals surface area contributed by atoms with Crippen molar-refractivity contribution in [1.82, 2.24) is 0 Å². The van der Waals surface area contributed by atoms with Crippen molar-refractivity contribution in [3.63, 3.8) is 0 Å². The van der Waals surface area contributed by atoms with E-state index in [1.165, 1.54) is 33.7 Å². The van der Waals surface area contributed by atoms with Crippen molar-refractivity contribution in [3.05, 3.63) is 63.5 Å². The summed E-state index contributed by atoms with van der Waals surface area (Å²) in [6, 6.07) is 8.62. The number of nitrogens with zero attached hydrogens (tertiary/aromatic N) is 1. The smallest absolute Gasteiger partial charge is 0.251 e. The van der Waals surface area contributed by atoms with Crippen LogP contribution in [0.4, 0.5) is 0 Å². The molecule has 0 radical (unpaired) electrons. The Kier molecular flexibility index (Phi) is 5.92. The summed E-state index contributed by atoms with van der Waals surface area (Å²) in [5, 5.41) is 12.5. The molecule has 152 valence electrons. The van der Waals surface area contributed by atoms with Gasteiger partial charge in [-0.1, -0.05) is 6.07 Å². The van der Waals surface area contributed by atoms with Gasteiger partial charge in [-0.05, 0) is 35.4 Å². The van der Waals surface area contributed by atoms with E-state index in [2.05, 4.69) is 0 Å². The number of nitro groups is 1. The first-order chi connectivity index (χ1) is 14.0. The molecule has 8 heteroatoms. The predicted molar refractivity (Wildman–Crippen MR) is 108 cm³/mol. The van der Waals surface area contributed by atoms with Gasteiger partial charge in [0.2, 0.25) is 5.75 Å². The summed E-state index contributed by atoms with van der Waals surface area (Å²) < 4.78 is 26.7. The summed E-state index contributed by atoms with van der Waals surface area (Å²) >= 11 is 0. The third kappa shape index (κ3) is 3.96. The molecule has 0 atom stereocenters. The van der Waals surface area contributed by atoms with Gasteiger partial charge in [0.25, 0.3) is 5.70 Å². The molecule has 0 unspecified atom stereocenters. The summed E-state index contributed by atoms with van der Waals surface area (Å²) in [7, 11) is 6.04. The molecule has 0 aliphatic carbocycles. The highest BCUT2D eigenvalue weighted by Crippen LogP contribution is 2.39. The van der Waals surface area contributed by atoms with Crippen LogP contribution in [0.15, 0.2) is 46.7 Å². The molecule has 0 fully saturated rings. The maximum absolute atomic E-state index is 11.7. The van der Waals surface area contributed by atoms with Crippen LogP contribution in [0.5, 0.6) is 23.0 Å². The fraction of sp³-hybridized carbons (Fsp3) is 0.238. The number of fused-ring (bicyclic) bond motifs is 1. The third-order valence-electron chi connectivity index (χ3n) is 4.50. The first kappa shape index (κ1) is 20.1. The van der Waals surface area contributed by atoms with E-state index in [9.17, 15) is 10.1 Å². The molecule has 0 spiro atoms. The van der Waals surface area contributed by atoms with Crippen molar-refractivity contribution >= 4 is 17.0 Å². The second-order valence-electron chi connectivity index (χ2n) is 6.12. The zero-order valence-corrected chi connectivity index (χ0v) is 16.6. The van der Waals surface area contributed by atoms with Gasteiger partial charge >= 0.3 is 0 Å². The Morgan fingerprint density at radius 2 is 1.66 bits per heavy atom. The van der Waals surface area contributed by atoms with Gasteiger partial charge in [0.1, 0.15) is 0 Å². The van der Waals surface area contributed by atoms with Crippen LogP contribution in [0.25, 0.3) is 17.0 Å². The highest BCUT2D eigenvalue weighted by Gasteiger charge is 2.19. The zero-order valence-electron chi connectivity index (χ0n) is 16.6. The molecule has 3 aromatic rings. The van der Waals surface area contributed by atoms with Crippen molar-refractivity contribution in [3.8, 4) is 23.0 Å². The maximum Gasteiger partial charge on any atom is 0.251 e. The Morgan fingerprint density at radius 1 is 1.00 bits per heavy atom. The number of allylic oxidation sites excluding steroid dienone is 1. The van der Waals surface area contributed by atoms with Crippen LogP contribution in [-0.2, 0) is 6.42 Å². The first-order valence-electron chi connectivity index (χ1n) is 8.70. The molecule has 1 aromatic heterocycles. The molecule has 0 amide bonds. The van der Waals surface area contributed by atoms with Crippen molar-refractivity contribution in [2.45, 2.75) is 6.42 Å². The molecule has 0 aliphatic rings. The molecule has 0 bridgehead atoms. The number of hydrogen-bond acceptors (Lipinski definition) is 7. The second-order valence-corrected chi connectivity index (χ2v) is 6.12. The van der Waals surface area contributed by atoms with Gasteiger partial charge in [0, 0.05) is 11.5 Å². The standard InChI is InChI=1S/C21H21NO7/c1-25-17-6-5-14(16-7-8-29-20(16)17)12-15(22(23)24)9-13-10-18(26-2)21(28-4)19(11-13)27-3/h5-8,10-12H,9H2,1-4H3/b15-12-. The van der Waals surface area contributed by atoms with Gasteiger partial charge in [-0.2, -0.15) is 0 Å². The molecule has 29 heavy (non-hydrogen) atoms. The molecule has 8 nitrogen and oxygen atoms in total. The molecular formula is C21H21NO7. The number of rotatable bonds is 8. The molecule has 1 heterocycles. The molecule has 2 aromatic carbocycles. The van der Waals surface area contributed by atoms with E-state index >= 15 is 0 Å². The highest BCUT2D eigenvalue weighted by atomic mass is 16.6. The summed E-state index contributed by atoms with van der Waals surface area (Å²) in [6.45, 7) is 0. The van der Waals surface area contributed by atoms with Crippen LogP contribution >= 0.6 is 0 Å². The van der Waals surface area contributed by atoms with Crippen molar-refractivity contribution in [1.29, 1.82) is 0 Å². The summed E-state index contributed by atoms with van der Waals surface area (Å²) in [4.78, 5) is 11.3. The quantitative estimate of drug-likeness (QED) is 0.411. The zero-order chi connectivity index (χ0) is 21.0. The molecule has 0 saturated heterocycles. The predicted octanol–water partition coefficient (Wildman–Crippen LogP) is 4.33. The van der Waals surface area contributed by atoms with Crippen LogP contribution in [-0.4, -0.2) is 33.4 Å². The Morgan fingerprint density at radius 3 is 2.21 bits per heavy atom. The van der Waals surface area contributed by atoms with Gasteiger partial charge in [-0.25, -0.2) is 0 Å². The molecule has 0 aliphatic heterocycles. The minimum Gasteiger partial charge on any atom is -0.493 e. The summed E-state index contributed by atoms with van der Waals surface area (Å²) in [5.41, 5.74) is 1.86. The van der Waals surface area contributed by atoms with E-state index in [-0.39, 0.29) is 12.1 Å². The number of hydrogen-bond donors (Lipinski definition) is 0. The fourth-order valence-corrected chi connectivity index (χ4v) is 3.14. The number of furan rings is 1. The van der Waals surface area contributed by atoms with Crippen molar-refractivity contribution < 1.29 is 28.3 Å².